The Bertz CT molecular complexity index is 371. The van der Waals surface area contributed by atoms with E-state index in [1.165, 1.54) is 0 Å². The highest BCUT2D eigenvalue weighted by atomic mass is 35.5. The van der Waals surface area contributed by atoms with Crippen molar-refractivity contribution in [3.8, 4) is 5.75 Å². The summed E-state index contributed by atoms with van der Waals surface area (Å²) in [6, 6.07) is 7.27. The van der Waals surface area contributed by atoms with Gasteiger partial charge in [0, 0.05) is 6.54 Å². The van der Waals surface area contributed by atoms with E-state index in [0.29, 0.717) is 29.2 Å². The van der Waals surface area contributed by atoms with E-state index >= 15 is 0 Å². The lowest BCUT2D eigenvalue weighted by molar-refractivity contribution is 0.105. The lowest BCUT2D eigenvalue weighted by atomic mass is 9.98. The fourth-order valence-electron chi connectivity index (χ4n) is 1.52. The summed E-state index contributed by atoms with van der Waals surface area (Å²) >= 11 is 5.97. The Labute approximate surface area is 120 Å². The third-order valence-electron chi connectivity index (χ3n) is 3.25. The Hall–Kier alpha value is -0.770. The van der Waals surface area contributed by atoms with Gasteiger partial charge in [-0.2, -0.15) is 0 Å². The van der Waals surface area contributed by atoms with Gasteiger partial charge in [-0.3, -0.25) is 0 Å². The second-order valence-electron chi connectivity index (χ2n) is 5.27. The van der Waals surface area contributed by atoms with Gasteiger partial charge in [0.15, 0.2) is 0 Å². The van der Waals surface area contributed by atoms with Gasteiger partial charge >= 0.3 is 0 Å². The lowest BCUT2D eigenvalue weighted by Crippen LogP contribution is -2.34. The van der Waals surface area contributed by atoms with Gasteiger partial charge in [0.05, 0.1) is 5.02 Å². The second-order valence-corrected chi connectivity index (χ2v) is 5.68. The molecule has 2 unspecified atom stereocenters. The van der Waals surface area contributed by atoms with E-state index in [4.69, 9.17) is 16.3 Å². The Morgan fingerprint density at radius 2 is 1.89 bits per heavy atom. The molecule has 0 aliphatic rings. The molecule has 0 aliphatic heterocycles. The van der Waals surface area contributed by atoms with Crippen LogP contribution in [-0.4, -0.2) is 30.9 Å². The van der Waals surface area contributed by atoms with Gasteiger partial charge in [-0.25, -0.2) is 0 Å². The monoisotopic (exact) mass is 285 g/mol. The summed E-state index contributed by atoms with van der Waals surface area (Å²) in [7, 11) is 0. The zero-order valence-corrected chi connectivity index (χ0v) is 12.7. The summed E-state index contributed by atoms with van der Waals surface area (Å²) < 4.78 is 5.48. The van der Waals surface area contributed by atoms with E-state index in [2.05, 4.69) is 26.1 Å². The number of benzene rings is 1. The largest absolute Gasteiger partial charge is 0.489 e. The minimum absolute atomic E-state index is 0.243. The van der Waals surface area contributed by atoms with Crippen LogP contribution in [0, 0.1) is 11.8 Å². The van der Waals surface area contributed by atoms with Crippen LogP contribution < -0.4 is 10.1 Å². The molecule has 108 valence electrons. The average Bonchev–Trinajstić information content (AvgIpc) is 2.37. The highest BCUT2D eigenvalue weighted by Crippen LogP contribution is 2.23. The maximum atomic E-state index is 9.82. The molecule has 4 heteroatoms. The SMILES string of the molecule is CC(C)C(C)CNCC(O)COc1ccccc1Cl. The summed E-state index contributed by atoms with van der Waals surface area (Å²) in [6.07, 6.45) is -0.532. The number of aliphatic hydroxyl groups is 1. The first-order chi connectivity index (χ1) is 9.00. The molecule has 2 atom stereocenters. The first-order valence-corrected chi connectivity index (χ1v) is 7.14. The molecule has 0 aromatic heterocycles. The third-order valence-corrected chi connectivity index (χ3v) is 3.56. The first kappa shape index (κ1) is 16.3. The van der Waals surface area contributed by atoms with Crippen LogP contribution in [0.1, 0.15) is 20.8 Å². The van der Waals surface area contributed by atoms with Gasteiger partial charge in [0.1, 0.15) is 18.5 Å². The molecule has 1 rings (SSSR count). The number of rotatable bonds is 8. The van der Waals surface area contributed by atoms with E-state index in [1.807, 2.05) is 12.1 Å². The summed E-state index contributed by atoms with van der Waals surface area (Å²) in [5.74, 6) is 1.85. The van der Waals surface area contributed by atoms with Crippen molar-refractivity contribution in [3.05, 3.63) is 29.3 Å². The summed E-state index contributed by atoms with van der Waals surface area (Å²) in [5.41, 5.74) is 0. The van der Waals surface area contributed by atoms with Crippen molar-refractivity contribution in [2.45, 2.75) is 26.9 Å². The van der Waals surface area contributed by atoms with Gasteiger partial charge in [0.25, 0.3) is 0 Å². The normalized spacial score (nSPS) is 14.4. The summed E-state index contributed by atoms with van der Waals surface area (Å²) in [5, 5.41) is 13.6. The third kappa shape index (κ3) is 6.28. The molecule has 0 saturated heterocycles. The van der Waals surface area contributed by atoms with Crippen molar-refractivity contribution in [1.29, 1.82) is 0 Å². The van der Waals surface area contributed by atoms with Crippen LogP contribution in [0.2, 0.25) is 5.02 Å². The van der Waals surface area contributed by atoms with Crippen LogP contribution in [-0.2, 0) is 0 Å². The Balaban J connectivity index is 2.21. The number of halogens is 1. The van der Waals surface area contributed by atoms with Crippen LogP contribution in [0.15, 0.2) is 24.3 Å². The van der Waals surface area contributed by atoms with E-state index in [0.717, 1.165) is 6.54 Å². The molecule has 19 heavy (non-hydrogen) atoms. The minimum Gasteiger partial charge on any atom is -0.489 e. The summed E-state index contributed by atoms with van der Waals surface area (Å²) in [4.78, 5) is 0. The Morgan fingerprint density at radius 3 is 2.53 bits per heavy atom. The smallest absolute Gasteiger partial charge is 0.138 e. The molecule has 3 nitrogen and oxygen atoms in total. The van der Waals surface area contributed by atoms with E-state index in [1.54, 1.807) is 12.1 Å². The van der Waals surface area contributed by atoms with Crippen molar-refractivity contribution < 1.29 is 9.84 Å². The molecule has 0 spiro atoms. The van der Waals surface area contributed by atoms with Gasteiger partial charge in [-0.15, -0.1) is 0 Å². The number of para-hydroxylation sites is 1. The lowest BCUT2D eigenvalue weighted by Gasteiger charge is -2.18. The van der Waals surface area contributed by atoms with E-state index in [-0.39, 0.29) is 6.61 Å². The van der Waals surface area contributed by atoms with Crippen LogP contribution in [0.5, 0.6) is 5.75 Å². The maximum absolute atomic E-state index is 9.82. The molecular formula is C15H24ClNO2. The standard InChI is InChI=1S/C15H24ClNO2/c1-11(2)12(3)8-17-9-13(18)10-19-15-7-5-4-6-14(15)16/h4-7,11-13,17-18H,8-10H2,1-3H3. The highest BCUT2D eigenvalue weighted by Gasteiger charge is 2.09. The number of hydrogen-bond donors (Lipinski definition) is 2. The molecule has 0 radical (unpaired) electrons. The molecule has 0 heterocycles. The van der Waals surface area contributed by atoms with Crippen LogP contribution in [0.3, 0.4) is 0 Å². The fraction of sp³-hybridized carbons (Fsp3) is 0.600. The molecular weight excluding hydrogens is 262 g/mol. The molecule has 0 aliphatic carbocycles. The van der Waals surface area contributed by atoms with Crippen molar-refractivity contribution in [1.82, 2.24) is 5.32 Å². The van der Waals surface area contributed by atoms with Gasteiger partial charge < -0.3 is 15.2 Å². The second kappa shape index (κ2) is 8.41. The van der Waals surface area contributed by atoms with Gasteiger partial charge in [-0.1, -0.05) is 44.5 Å². The Morgan fingerprint density at radius 1 is 1.21 bits per heavy atom. The quantitative estimate of drug-likeness (QED) is 0.772. The summed E-state index contributed by atoms with van der Waals surface area (Å²) in [6.45, 7) is 8.27. The molecule has 1 aromatic rings. The van der Waals surface area contributed by atoms with Crippen molar-refractivity contribution >= 4 is 11.6 Å². The zero-order chi connectivity index (χ0) is 14.3. The molecule has 0 fully saturated rings. The molecule has 2 N–H and O–H groups in total. The number of hydrogen-bond acceptors (Lipinski definition) is 3. The van der Waals surface area contributed by atoms with Crippen molar-refractivity contribution in [2.24, 2.45) is 11.8 Å². The van der Waals surface area contributed by atoms with Crippen LogP contribution in [0.4, 0.5) is 0 Å². The Kier molecular flexibility index (Phi) is 7.21. The molecule has 0 saturated carbocycles. The predicted octanol–water partition coefficient (Wildman–Crippen LogP) is 2.96. The highest BCUT2D eigenvalue weighted by molar-refractivity contribution is 6.32. The fourth-order valence-corrected chi connectivity index (χ4v) is 1.71. The minimum atomic E-state index is -0.532. The maximum Gasteiger partial charge on any atom is 0.138 e. The number of nitrogens with one attached hydrogen (secondary N) is 1. The molecule has 0 bridgehead atoms. The van der Waals surface area contributed by atoms with E-state index in [9.17, 15) is 5.11 Å². The van der Waals surface area contributed by atoms with Gasteiger partial charge in [-0.05, 0) is 30.5 Å². The predicted molar refractivity (Wildman–Crippen MR) is 79.8 cm³/mol. The molecule has 0 amide bonds. The van der Waals surface area contributed by atoms with Gasteiger partial charge in [0.2, 0.25) is 0 Å². The van der Waals surface area contributed by atoms with Crippen molar-refractivity contribution in [2.75, 3.05) is 19.7 Å². The van der Waals surface area contributed by atoms with E-state index < -0.39 is 6.10 Å². The van der Waals surface area contributed by atoms with Crippen LogP contribution >= 0.6 is 11.6 Å². The topological polar surface area (TPSA) is 41.5 Å². The molecule has 1 aromatic carbocycles. The number of aliphatic hydroxyl groups excluding tert-OH is 1. The zero-order valence-electron chi connectivity index (χ0n) is 11.9. The average molecular weight is 286 g/mol. The number of ether oxygens (including phenoxy) is 1. The first-order valence-electron chi connectivity index (χ1n) is 6.76. The van der Waals surface area contributed by atoms with Crippen molar-refractivity contribution in [3.63, 3.8) is 0 Å². The van der Waals surface area contributed by atoms with Crippen LogP contribution in [0.25, 0.3) is 0 Å².